The van der Waals surface area contributed by atoms with Crippen LogP contribution in [0.5, 0.6) is 0 Å². The molecule has 4 rings (SSSR count). The Kier molecular flexibility index (Phi) is 4.68. The number of rotatable bonds is 4. The van der Waals surface area contributed by atoms with Crippen molar-refractivity contribution in [3.8, 4) is 6.07 Å². The van der Waals surface area contributed by atoms with Crippen molar-refractivity contribution in [2.45, 2.75) is 4.90 Å². The van der Waals surface area contributed by atoms with Gasteiger partial charge in [-0.2, -0.15) is 5.26 Å². The van der Waals surface area contributed by atoms with Crippen LogP contribution in [0.3, 0.4) is 0 Å². The van der Waals surface area contributed by atoms with Gasteiger partial charge in [-0.25, -0.2) is 8.42 Å². The second kappa shape index (κ2) is 7.30. The molecule has 1 aliphatic carbocycles. The molecule has 0 aromatic heterocycles. The Morgan fingerprint density at radius 2 is 1.54 bits per heavy atom. The van der Waals surface area contributed by atoms with Gasteiger partial charge >= 0.3 is 0 Å². The van der Waals surface area contributed by atoms with E-state index >= 15 is 0 Å². The summed E-state index contributed by atoms with van der Waals surface area (Å²) in [6.45, 7) is 0. The van der Waals surface area contributed by atoms with Crippen LogP contribution >= 0.6 is 0 Å². The van der Waals surface area contributed by atoms with Crippen LogP contribution in [0.15, 0.2) is 89.3 Å². The Morgan fingerprint density at radius 1 is 0.857 bits per heavy atom. The highest BCUT2D eigenvalue weighted by Crippen LogP contribution is 2.38. The van der Waals surface area contributed by atoms with E-state index in [1.165, 1.54) is 0 Å². The number of hydrogen-bond acceptors (Lipinski definition) is 3. The molecule has 0 saturated heterocycles. The van der Waals surface area contributed by atoms with Crippen LogP contribution in [0.1, 0.15) is 22.3 Å². The molecule has 0 amide bonds. The van der Waals surface area contributed by atoms with Crippen LogP contribution in [0, 0.1) is 11.3 Å². The highest BCUT2D eigenvalue weighted by Gasteiger charge is 2.24. The van der Waals surface area contributed by atoms with Crippen LogP contribution in [0.25, 0.3) is 17.7 Å². The van der Waals surface area contributed by atoms with Gasteiger partial charge in [0.2, 0.25) is 0 Å². The zero-order chi connectivity index (χ0) is 19.6. The molecule has 0 bridgehead atoms. The highest BCUT2D eigenvalue weighted by molar-refractivity contribution is 7.91. The molecule has 0 aliphatic heterocycles. The molecule has 3 nitrogen and oxygen atoms in total. The lowest BCUT2D eigenvalue weighted by Crippen LogP contribution is -2.09. The maximum Gasteiger partial charge on any atom is 0.182 e. The lowest BCUT2D eigenvalue weighted by Gasteiger charge is -2.10. The van der Waals surface area contributed by atoms with Crippen LogP contribution in [-0.4, -0.2) is 14.2 Å². The van der Waals surface area contributed by atoms with Crippen LogP contribution < -0.4 is 0 Å². The molecule has 136 valence electrons. The number of allylic oxidation sites excluding steroid dienone is 1. The van der Waals surface area contributed by atoms with Gasteiger partial charge in [-0.1, -0.05) is 60.7 Å². The molecule has 0 radical (unpaired) electrons. The fraction of sp³-hybridized carbons (Fsp3) is 0.0417. The Morgan fingerprint density at radius 3 is 2.32 bits per heavy atom. The van der Waals surface area contributed by atoms with Crippen molar-refractivity contribution < 1.29 is 8.42 Å². The molecule has 28 heavy (non-hydrogen) atoms. The van der Waals surface area contributed by atoms with E-state index < -0.39 is 9.84 Å². The van der Waals surface area contributed by atoms with Crippen molar-refractivity contribution in [3.63, 3.8) is 0 Å². The second-order valence-electron chi connectivity index (χ2n) is 6.59. The van der Waals surface area contributed by atoms with Gasteiger partial charge in [0.1, 0.15) is 0 Å². The molecule has 4 heteroatoms. The number of hydrogen-bond donors (Lipinski definition) is 0. The van der Waals surface area contributed by atoms with Gasteiger partial charge in [0.25, 0.3) is 0 Å². The van der Waals surface area contributed by atoms with E-state index in [1.807, 2.05) is 54.6 Å². The van der Waals surface area contributed by atoms with E-state index in [0.29, 0.717) is 10.5 Å². The molecule has 0 spiro atoms. The molecule has 3 aromatic carbocycles. The predicted molar refractivity (Wildman–Crippen MR) is 112 cm³/mol. The minimum Gasteiger partial charge on any atom is -0.223 e. The third-order valence-electron chi connectivity index (χ3n) is 4.76. The average Bonchev–Trinajstić information content (AvgIpc) is 3.05. The smallest absolute Gasteiger partial charge is 0.182 e. The third-order valence-corrected chi connectivity index (χ3v) is 6.44. The lowest BCUT2D eigenvalue weighted by molar-refractivity contribution is 0.598. The summed E-state index contributed by atoms with van der Waals surface area (Å²) in [6, 6.07) is 25.8. The maximum atomic E-state index is 12.9. The molecule has 0 unspecified atom stereocenters. The Balaban J connectivity index is 1.81. The van der Waals surface area contributed by atoms with Crippen molar-refractivity contribution >= 4 is 27.6 Å². The fourth-order valence-corrected chi connectivity index (χ4v) is 4.78. The molecular formula is C24H17NO2S. The summed E-state index contributed by atoms with van der Waals surface area (Å²) in [5.74, 6) is -0.0910. The van der Waals surface area contributed by atoms with Gasteiger partial charge in [-0.15, -0.1) is 0 Å². The van der Waals surface area contributed by atoms with Crippen molar-refractivity contribution in [2.75, 3.05) is 5.75 Å². The summed E-state index contributed by atoms with van der Waals surface area (Å²) in [7, 11) is -3.48. The normalized spacial score (nSPS) is 14.4. The lowest BCUT2D eigenvalue weighted by atomic mass is 9.98. The van der Waals surface area contributed by atoms with Crippen molar-refractivity contribution in [3.05, 3.63) is 107 Å². The van der Waals surface area contributed by atoms with Crippen molar-refractivity contribution in [2.24, 2.45) is 0 Å². The molecule has 0 atom stereocenters. The van der Waals surface area contributed by atoms with Gasteiger partial charge in [-0.05, 0) is 58.2 Å². The van der Waals surface area contributed by atoms with Crippen molar-refractivity contribution in [1.29, 1.82) is 5.26 Å². The average molecular weight is 383 g/mol. The second-order valence-corrected chi connectivity index (χ2v) is 8.58. The molecule has 3 aromatic rings. The molecule has 0 fully saturated rings. The van der Waals surface area contributed by atoms with E-state index in [0.717, 1.165) is 27.8 Å². The Labute approximate surface area is 164 Å². The highest BCUT2D eigenvalue weighted by atomic mass is 32.2. The minimum absolute atomic E-state index is 0.0910. The van der Waals surface area contributed by atoms with Crippen LogP contribution in [0.2, 0.25) is 0 Å². The summed E-state index contributed by atoms with van der Waals surface area (Å²) in [5.41, 5.74) is 4.88. The first-order valence-electron chi connectivity index (χ1n) is 8.87. The summed E-state index contributed by atoms with van der Waals surface area (Å²) in [4.78, 5) is 0.309. The number of nitriles is 1. The molecular weight excluding hydrogens is 366 g/mol. The fourth-order valence-electron chi connectivity index (χ4n) is 3.39. The quantitative estimate of drug-likeness (QED) is 0.639. The van der Waals surface area contributed by atoms with Gasteiger partial charge in [0.05, 0.1) is 22.3 Å². The predicted octanol–water partition coefficient (Wildman–Crippen LogP) is 4.97. The van der Waals surface area contributed by atoms with Crippen LogP contribution in [0.4, 0.5) is 0 Å². The van der Waals surface area contributed by atoms with Gasteiger partial charge in [-0.3, -0.25) is 0 Å². The molecule has 0 N–H and O–H groups in total. The van der Waals surface area contributed by atoms with Crippen LogP contribution in [-0.2, 0) is 9.84 Å². The first kappa shape index (κ1) is 18.0. The number of fused-ring (bicyclic) bond motifs is 1. The first-order chi connectivity index (χ1) is 13.6. The Bertz CT molecular complexity index is 1250. The number of sulfone groups is 1. The number of nitrogens with zero attached hydrogens (tertiary/aromatic N) is 1. The van der Waals surface area contributed by atoms with E-state index in [1.54, 1.807) is 36.4 Å². The molecule has 0 saturated carbocycles. The molecule has 0 heterocycles. The zero-order valence-electron chi connectivity index (χ0n) is 15.0. The zero-order valence-corrected chi connectivity index (χ0v) is 15.9. The summed E-state index contributed by atoms with van der Waals surface area (Å²) in [5, 5.41) is 9.40. The largest absolute Gasteiger partial charge is 0.223 e. The SMILES string of the molecule is N#Cc1ccccc1/C=C1\C(CS(=O)(=O)c2ccccc2)=Cc2ccccc21. The first-order valence-corrected chi connectivity index (χ1v) is 10.5. The monoisotopic (exact) mass is 383 g/mol. The van der Waals surface area contributed by atoms with E-state index in [4.69, 9.17) is 0 Å². The molecule has 1 aliphatic rings. The van der Waals surface area contributed by atoms with E-state index in [-0.39, 0.29) is 5.75 Å². The standard InChI is InChI=1S/C24H17NO2S/c25-16-20-10-5-4-8-18(20)15-24-21(14-19-9-6-7-13-23(19)24)17-28(26,27)22-11-2-1-3-12-22/h1-15H,17H2/b24-15+. The topological polar surface area (TPSA) is 57.9 Å². The van der Waals surface area contributed by atoms with Gasteiger partial charge in [0.15, 0.2) is 9.84 Å². The summed E-state index contributed by atoms with van der Waals surface area (Å²) >= 11 is 0. The third kappa shape index (κ3) is 3.40. The summed E-state index contributed by atoms with van der Waals surface area (Å²) in [6.07, 6.45) is 3.84. The number of benzene rings is 3. The van der Waals surface area contributed by atoms with E-state index in [9.17, 15) is 13.7 Å². The maximum absolute atomic E-state index is 12.9. The Hall–Kier alpha value is -3.42. The van der Waals surface area contributed by atoms with Gasteiger partial charge < -0.3 is 0 Å². The summed E-state index contributed by atoms with van der Waals surface area (Å²) < 4.78 is 25.9. The van der Waals surface area contributed by atoms with E-state index in [2.05, 4.69) is 6.07 Å². The minimum atomic E-state index is -3.48. The van der Waals surface area contributed by atoms with Crippen molar-refractivity contribution in [1.82, 2.24) is 0 Å². The van der Waals surface area contributed by atoms with Gasteiger partial charge in [0, 0.05) is 0 Å².